The largest absolute Gasteiger partial charge is 0.459 e. The number of benzene rings is 2. The van der Waals surface area contributed by atoms with Crippen molar-refractivity contribution < 1.29 is 58.2 Å². The van der Waals surface area contributed by atoms with Crippen molar-refractivity contribution in [3.05, 3.63) is 60.2 Å². The van der Waals surface area contributed by atoms with Crippen LogP contribution in [0.4, 0.5) is 0 Å². The second-order valence-electron chi connectivity index (χ2n) is 19.1. The van der Waals surface area contributed by atoms with Gasteiger partial charge in [-0.1, -0.05) is 63.2 Å². The van der Waals surface area contributed by atoms with E-state index in [0.29, 0.717) is 38.4 Å². The average molecular weight is 943 g/mol. The second kappa shape index (κ2) is 27.0. The monoisotopic (exact) mass is 943 g/mol. The van der Waals surface area contributed by atoms with E-state index >= 15 is 0 Å². The summed E-state index contributed by atoms with van der Waals surface area (Å²) < 4.78 is 36.6. The molecule has 5 N–H and O–H groups in total. The Hall–Kier alpha value is -3.55. The first-order chi connectivity index (χ1) is 31.8. The first kappa shape index (κ1) is 56.0. The molecule has 16 nitrogen and oxygen atoms in total. The van der Waals surface area contributed by atoms with Crippen molar-refractivity contribution in [3.8, 4) is 11.5 Å². The molecule has 2 heterocycles. The molecule has 13 atom stereocenters. The summed E-state index contributed by atoms with van der Waals surface area (Å²) in [7, 11) is 5.28. The number of likely N-dealkylation sites (N-methyl/N-ethyl adjacent to an activating group) is 1. The van der Waals surface area contributed by atoms with Crippen molar-refractivity contribution in [2.45, 2.75) is 148 Å². The van der Waals surface area contributed by atoms with Crippen LogP contribution in [0.15, 0.2) is 59.8 Å². The zero-order valence-electron chi connectivity index (χ0n) is 41.9. The molecule has 2 aromatic carbocycles. The predicted molar refractivity (Wildman–Crippen MR) is 257 cm³/mol. The number of hydrogen-bond donors (Lipinski definition) is 5. The minimum Gasteiger partial charge on any atom is -0.459 e. The molecular formula is C51H82N4O12. The first-order valence-electron chi connectivity index (χ1n) is 24.2. The molecule has 2 aliphatic heterocycles. The lowest BCUT2D eigenvalue weighted by Gasteiger charge is -2.47. The number of hydrogen-bond acceptors (Lipinski definition) is 16. The molecule has 0 bridgehead atoms. The topological polar surface area (TPSA) is 199 Å². The molecule has 2 saturated heterocycles. The Balaban J connectivity index is 1.34. The van der Waals surface area contributed by atoms with Gasteiger partial charge in [0.1, 0.15) is 41.8 Å². The first-order valence-corrected chi connectivity index (χ1v) is 24.2. The highest BCUT2D eigenvalue weighted by Crippen LogP contribution is 2.39. The molecule has 0 radical (unpaired) electrons. The third kappa shape index (κ3) is 16.0. The molecule has 67 heavy (non-hydrogen) atoms. The number of aliphatic hydroxyl groups excluding tert-OH is 2. The highest BCUT2D eigenvalue weighted by molar-refractivity contribution is 6.00. The van der Waals surface area contributed by atoms with Crippen LogP contribution in [-0.2, 0) is 44.7 Å². The molecule has 2 aromatic rings. The van der Waals surface area contributed by atoms with Crippen LogP contribution in [0.25, 0.3) is 0 Å². The lowest BCUT2D eigenvalue weighted by atomic mass is 9.74. The van der Waals surface area contributed by atoms with Crippen LogP contribution < -0.4 is 15.4 Å². The van der Waals surface area contributed by atoms with Crippen LogP contribution in [0.5, 0.6) is 11.5 Å². The highest BCUT2D eigenvalue weighted by Gasteiger charge is 2.51. The smallest absolute Gasteiger partial charge is 0.316 e. The van der Waals surface area contributed by atoms with Crippen molar-refractivity contribution in [1.82, 2.24) is 15.5 Å². The van der Waals surface area contributed by atoms with Gasteiger partial charge in [-0.25, -0.2) is 0 Å². The van der Waals surface area contributed by atoms with E-state index in [2.05, 4.69) is 27.9 Å². The van der Waals surface area contributed by atoms with E-state index in [0.717, 1.165) is 37.4 Å². The van der Waals surface area contributed by atoms with E-state index in [1.165, 1.54) is 26.5 Å². The lowest BCUT2D eigenvalue weighted by Crippen LogP contribution is -2.60. The summed E-state index contributed by atoms with van der Waals surface area (Å²) >= 11 is 0. The number of esters is 1. The number of rotatable bonds is 21. The summed E-state index contributed by atoms with van der Waals surface area (Å²) in [4.78, 5) is 35.7. The zero-order chi connectivity index (χ0) is 49.3. The summed E-state index contributed by atoms with van der Waals surface area (Å²) in [5, 5.41) is 46.6. The molecule has 16 heteroatoms. The van der Waals surface area contributed by atoms with Crippen molar-refractivity contribution >= 4 is 17.5 Å². The van der Waals surface area contributed by atoms with E-state index in [1.807, 2.05) is 82.2 Å². The molecule has 378 valence electrons. The maximum absolute atomic E-state index is 14.2. The fourth-order valence-electron chi connectivity index (χ4n) is 9.21. The Morgan fingerprint density at radius 1 is 0.866 bits per heavy atom. The number of ketones is 1. The van der Waals surface area contributed by atoms with Gasteiger partial charge in [0.25, 0.3) is 0 Å². The zero-order valence-corrected chi connectivity index (χ0v) is 41.9. The normalized spacial score (nSPS) is 33.1. The van der Waals surface area contributed by atoms with Crippen LogP contribution >= 0.6 is 0 Å². The fourth-order valence-corrected chi connectivity index (χ4v) is 9.21. The minimum atomic E-state index is -1.92. The number of Topliss-reactive ketones (excluding diaryl/α,β-unsaturated/α-hetero) is 1. The van der Waals surface area contributed by atoms with Crippen molar-refractivity contribution in [2.24, 2.45) is 28.8 Å². The van der Waals surface area contributed by atoms with E-state index in [1.54, 1.807) is 20.8 Å². The van der Waals surface area contributed by atoms with Crippen molar-refractivity contribution in [3.63, 3.8) is 0 Å². The number of oxime groups is 1. The summed E-state index contributed by atoms with van der Waals surface area (Å²) in [5.74, 6) is -3.11. The van der Waals surface area contributed by atoms with Crippen LogP contribution in [0.1, 0.15) is 93.1 Å². The number of para-hydroxylation sites is 1. The Morgan fingerprint density at radius 3 is 2.13 bits per heavy atom. The summed E-state index contributed by atoms with van der Waals surface area (Å²) in [5.41, 5.74) is -1.53. The third-order valence-electron chi connectivity index (χ3n) is 13.4. The van der Waals surface area contributed by atoms with E-state index < -0.39 is 77.3 Å². The van der Waals surface area contributed by atoms with Gasteiger partial charge in [-0.2, -0.15) is 0 Å². The van der Waals surface area contributed by atoms with E-state index in [4.69, 9.17) is 33.3 Å². The van der Waals surface area contributed by atoms with Crippen molar-refractivity contribution in [2.75, 3.05) is 60.7 Å². The minimum absolute atomic E-state index is 0.170. The SMILES string of the molecule is CC[C@@H]1OC(=O)[C@H](C)C(=O)[C@H](C)[C@@H](O[C@@H]2O[C@H](C)C[C@H](N(C)C)[C@H]2O)[C@@](C)(OC)C[C@@H](C)/C(=N\OCCNCCCOCCCNCc2ccc(Oc3ccccc3)cc2)[C@H](C)[C@@H](O)[C@]1(C)O. The highest BCUT2D eigenvalue weighted by atomic mass is 16.7. The van der Waals surface area contributed by atoms with Gasteiger partial charge < -0.3 is 64.1 Å². The van der Waals surface area contributed by atoms with Gasteiger partial charge >= 0.3 is 5.97 Å². The number of nitrogens with one attached hydrogen (secondary N) is 2. The molecule has 0 spiro atoms. The molecule has 2 fully saturated rings. The van der Waals surface area contributed by atoms with Crippen LogP contribution in [0.3, 0.4) is 0 Å². The molecule has 0 aromatic heterocycles. The van der Waals surface area contributed by atoms with Gasteiger partial charge in [0.15, 0.2) is 12.1 Å². The van der Waals surface area contributed by atoms with Crippen LogP contribution in [-0.4, -0.2) is 152 Å². The summed E-state index contributed by atoms with van der Waals surface area (Å²) in [6, 6.07) is 17.5. The standard InChI is InChI=1S/C51H82N4O12/c1-12-42-51(8,60)46(58)35(4)43(54-63-29-26-52-24-16-27-62-28-17-25-53-32-38-20-22-40(23-21-38)65-39-18-14-13-15-19-39)33(2)31-50(7,61-11)47(36(5)44(56)37(6)48(59)66-42)67-49-45(57)41(55(9)10)30-34(3)64-49/h13-15,18-23,33-37,41-42,45-47,49,52-53,57-58,60H,12,16-17,24-32H2,1-11H3/b54-43+/t33-,34-,35+,36+,37-,41+,42+,45-,46-,47-,49+,50+,51-/m1/s1. The molecule has 4 rings (SSSR count). The number of cyclic esters (lactones) is 1. The van der Waals surface area contributed by atoms with E-state index in [9.17, 15) is 24.9 Å². The summed E-state index contributed by atoms with van der Waals surface area (Å²) in [6.45, 7) is 18.0. The molecule has 2 aliphatic rings. The quantitative estimate of drug-likeness (QED) is 0.0455. The van der Waals surface area contributed by atoms with Gasteiger partial charge in [-0.3, -0.25) is 9.59 Å². The van der Waals surface area contributed by atoms with Gasteiger partial charge in [0.2, 0.25) is 0 Å². The molecule has 0 amide bonds. The maximum Gasteiger partial charge on any atom is 0.316 e. The lowest BCUT2D eigenvalue weighted by molar-refractivity contribution is -0.295. The number of nitrogens with zero attached hydrogens (tertiary/aromatic N) is 2. The molecule has 0 saturated carbocycles. The predicted octanol–water partition coefficient (Wildman–Crippen LogP) is 5.49. The molecule has 0 unspecified atom stereocenters. The maximum atomic E-state index is 14.2. The Bertz CT molecular complexity index is 1800. The van der Waals surface area contributed by atoms with Crippen molar-refractivity contribution in [1.29, 1.82) is 0 Å². The third-order valence-corrected chi connectivity index (χ3v) is 13.4. The van der Waals surface area contributed by atoms with E-state index in [-0.39, 0.29) is 31.6 Å². The van der Waals surface area contributed by atoms with Crippen LogP contribution in [0.2, 0.25) is 0 Å². The van der Waals surface area contributed by atoms with Crippen LogP contribution in [0, 0.1) is 23.7 Å². The second-order valence-corrected chi connectivity index (χ2v) is 19.1. The summed E-state index contributed by atoms with van der Waals surface area (Å²) in [6.07, 6.45) is -3.37. The molecule has 0 aliphatic carbocycles. The molecular weight excluding hydrogens is 861 g/mol. The fraction of sp³-hybridized carbons (Fsp3) is 0.706. The average Bonchev–Trinajstić information content (AvgIpc) is 3.31. The van der Waals surface area contributed by atoms with Gasteiger partial charge in [-0.15, -0.1) is 0 Å². The Kier molecular flexibility index (Phi) is 22.6. The Morgan fingerprint density at radius 2 is 1.51 bits per heavy atom. The Labute approximate surface area is 399 Å². The number of ether oxygens (including phenoxy) is 6. The number of methoxy groups -OCH3 is 1. The number of carbonyl (C=O) groups is 2. The number of carbonyl (C=O) groups excluding carboxylic acids is 2. The van der Waals surface area contributed by atoms with Gasteiger partial charge in [0, 0.05) is 57.2 Å². The van der Waals surface area contributed by atoms with Gasteiger partial charge in [0.05, 0.1) is 29.6 Å². The number of aliphatic hydroxyl groups is 3. The van der Waals surface area contributed by atoms with Gasteiger partial charge in [-0.05, 0) is 117 Å².